The highest BCUT2D eigenvalue weighted by molar-refractivity contribution is 7.14. The molecule has 8 heteroatoms. The van der Waals surface area contributed by atoms with Crippen molar-refractivity contribution in [2.45, 2.75) is 12.8 Å². The van der Waals surface area contributed by atoms with Crippen LogP contribution in [-0.4, -0.2) is 35.7 Å². The van der Waals surface area contributed by atoms with E-state index in [0.29, 0.717) is 16.0 Å². The van der Waals surface area contributed by atoms with Crippen molar-refractivity contribution in [2.24, 2.45) is 0 Å². The number of rotatable bonds is 4. The molecule has 0 atom stereocenters. The highest BCUT2D eigenvalue weighted by Crippen LogP contribution is 2.25. The van der Waals surface area contributed by atoms with Crippen LogP contribution in [0.3, 0.4) is 0 Å². The van der Waals surface area contributed by atoms with Gasteiger partial charge in [0.15, 0.2) is 5.76 Å². The van der Waals surface area contributed by atoms with Crippen LogP contribution in [0.1, 0.15) is 12.8 Å². The molecule has 0 saturated carbocycles. The van der Waals surface area contributed by atoms with E-state index in [4.69, 9.17) is 9.47 Å². The molecule has 7 nitrogen and oxygen atoms in total. The van der Waals surface area contributed by atoms with Crippen molar-refractivity contribution in [2.75, 3.05) is 20.8 Å². The fourth-order valence-corrected chi connectivity index (χ4v) is 3.46. The van der Waals surface area contributed by atoms with Gasteiger partial charge in [0.05, 0.1) is 19.6 Å². The first-order valence-electron chi connectivity index (χ1n) is 7.41. The minimum Gasteiger partial charge on any atom is -0.497 e. The summed E-state index contributed by atoms with van der Waals surface area (Å²) in [4.78, 5) is 29.2. The quantitative estimate of drug-likeness (QED) is 0.917. The normalized spacial score (nSPS) is 14.5. The minimum absolute atomic E-state index is 0.253. The maximum atomic E-state index is 12.3. The predicted molar refractivity (Wildman–Crippen MR) is 91.0 cm³/mol. The van der Waals surface area contributed by atoms with Gasteiger partial charge in [-0.25, -0.2) is 9.78 Å². The van der Waals surface area contributed by atoms with E-state index in [2.05, 4.69) is 10.3 Å². The van der Waals surface area contributed by atoms with Gasteiger partial charge in [-0.1, -0.05) is 6.08 Å². The Morgan fingerprint density at radius 1 is 1.42 bits per heavy atom. The van der Waals surface area contributed by atoms with E-state index in [1.165, 1.54) is 0 Å². The van der Waals surface area contributed by atoms with Crippen molar-refractivity contribution in [3.8, 4) is 0 Å². The van der Waals surface area contributed by atoms with E-state index in [0.717, 1.165) is 39.7 Å². The summed E-state index contributed by atoms with van der Waals surface area (Å²) >= 11 is 1.02. The van der Waals surface area contributed by atoms with Crippen LogP contribution in [0.15, 0.2) is 46.3 Å². The number of aromatic nitrogens is 2. The van der Waals surface area contributed by atoms with Gasteiger partial charge in [-0.05, 0) is 30.1 Å². The molecular weight excluding hydrogens is 330 g/mol. The van der Waals surface area contributed by atoms with Crippen molar-refractivity contribution in [3.05, 3.63) is 51.9 Å². The lowest BCUT2D eigenvalue weighted by molar-refractivity contribution is 0.213. The van der Waals surface area contributed by atoms with Gasteiger partial charge in [0, 0.05) is 24.7 Å². The van der Waals surface area contributed by atoms with Crippen molar-refractivity contribution in [1.29, 1.82) is 0 Å². The van der Waals surface area contributed by atoms with Crippen LogP contribution in [0.5, 0.6) is 0 Å². The molecule has 0 aliphatic heterocycles. The molecule has 0 saturated heterocycles. The van der Waals surface area contributed by atoms with Crippen LogP contribution in [0.4, 0.5) is 4.79 Å². The summed E-state index contributed by atoms with van der Waals surface area (Å²) in [6, 6.07) is 2.85. The standard InChI is InChI=1S/C16H17N3O4S/c1-22-12-7-3-5-10(13(12)23-2)9-18-16(21)19-15(20)11-6-4-8-17-14(11)24-19/h4-6,8H,3,7,9H2,1-2H3,(H,18,21). The average Bonchev–Trinajstić information content (AvgIpc) is 2.96. The van der Waals surface area contributed by atoms with Crippen LogP contribution >= 0.6 is 11.5 Å². The number of hydrogen-bond acceptors (Lipinski definition) is 6. The van der Waals surface area contributed by atoms with E-state index in [-0.39, 0.29) is 12.1 Å². The van der Waals surface area contributed by atoms with E-state index in [1.54, 1.807) is 32.5 Å². The lowest BCUT2D eigenvalue weighted by Gasteiger charge is -2.20. The maximum absolute atomic E-state index is 12.3. The third-order valence-corrected chi connectivity index (χ3v) is 4.75. The number of fused-ring (bicyclic) bond motifs is 1. The summed E-state index contributed by atoms with van der Waals surface area (Å²) in [7, 11) is 3.16. The third-order valence-electron chi connectivity index (χ3n) is 3.74. The monoisotopic (exact) mass is 347 g/mol. The van der Waals surface area contributed by atoms with Gasteiger partial charge in [-0.15, -0.1) is 0 Å². The Bertz CT molecular complexity index is 894. The first kappa shape index (κ1) is 16.3. The highest BCUT2D eigenvalue weighted by Gasteiger charge is 2.20. The van der Waals surface area contributed by atoms with Crippen molar-refractivity contribution in [3.63, 3.8) is 0 Å². The fraction of sp³-hybridized carbons (Fsp3) is 0.312. The van der Waals surface area contributed by atoms with Gasteiger partial charge in [0.25, 0.3) is 5.56 Å². The van der Waals surface area contributed by atoms with Gasteiger partial charge < -0.3 is 14.8 Å². The lowest BCUT2D eigenvalue weighted by Crippen LogP contribution is -2.34. The van der Waals surface area contributed by atoms with Crippen molar-refractivity contribution >= 4 is 27.8 Å². The Morgan fingerprint density at radius 3 is 2.96 bits per heavy atom. The molecule has 1 aliphatic rings. The molecule has 1 aliphatic carbocycles. The van der Waals surface area contributed by atoms with Gasteiger partial charge in [0.1, 0.15) is 10.6 Å². The van der Waals surface area contributed by atoms with Gasteiger partial charge in [-0.3, -0.25) is 4.79 Å². The summed E-state index contributed by atoms with van der Waals surface area (Å²) in [6.07, 6.45) is 5.17. The molecule has 0 aromatic carbocycles. The number of hydrogen-bond donors (Lipinski definition) is 1. The SMILES string of the molecule is COC1=C(OC)C(CNC(=O)n2sc3ncccc3c2=O)=CCC1. The summed E-state index contributed by atoms with van der Waals surface area (Å²) in [5.41, 5.74) is 0.472. The average molecular weight is 347 g/mol. The molecule has 0 fully saturated rings. The van der Waals surface area contributed by atoms with Crippen molar-refractivity contribution in [1.82, 2.24) is 14.3 Å². The molecule has 3 rings (SSSR count). The Balaban J connectivity index is 1.78. The van der Waals surface area contributed by atoms with E-state index in [1.807, 2.05) is 6.08 Å². The Labute approximate surface area is 142 Å². The molecule has 2 aromatic rings. The molecule has 2 aromatic heterocycles. The fourth-order valence-electron chi connectivity index (χ4n) is 2.59. The highest BCUT2D eigenvalue weighted by atomic mass is 32.1. The zero-order valence-electron chi connectivity index (χ0n) is 13.4. The zero-order valence-corrected chi connectivity index (χ0v) is 14.2. The second-order valence-corrected chi connectivity index (χ2v) is 6.07. The Kier molecular flexibility index (Phi) is 4.66. The van der Waals surface area contributed by atoms with Crippen LogP contribution in [0, 0.1) is 0 Å². The van der Waals surface area contributed by atoms with E-state index < -0.39 is 6.03 Å². The minimum atomic E-state index is -0.483. The number of carbonyl (C=O) groups excluding carboxylic acids is 1. The molecular formula is C16H17N3O4S. The first-order valence-corrected chi connectivity index (χ1v) is 8.19. The first-order chi connectivity index (χ1) is 11.7. The number of carbonyl (C=O) groups is 1. The number of pyridine rings is 1. The molecule has 1 amide bonds. The largest absolute Gasteiger partial charge is 0.497 e. The number of methoxy groups -OCH3 is 2. The summed E-state index contributed by atoms with van der Waals surface area (Å²) in [6.45, 7) is 0.253. The molecule has 1 N–H and O–H groups in total. The number of nitrogens with one attached hydrogen (secondary N) is 1. The van der Waals surface area contributed by atoms with Gasteiger partial charge >= 0.3 is 6.03 Å². The second-order valence-electron chi connectivity index (χ2n) is 5.13. The van der Waals surface area contributed by atoms with Crippen LogP contribution in [0.2, 0.25) is 0 Å². The summed E-state index contributed by atoms with van der Waals surface area (Å²) < 4.78 is 11.8. The summed E-state index contributed by atoms with van der Waals surface area (Å²) in [5.74, 6) is 1.39. The smallest absolute Gasteiger partial charge is 0.338 e. The molecule has 126 valence electrons. The van der Waals surface area contributed by atoms with Gasteiger partial charge in [0.2, 0.25) is 0 Å². The van der Waals surface area contributed by atoms with Crippen LogP contribution in [0.25, 0.3) is 10.2 Å². The van der Waals surface area contributed by atoms with Gasteiger partial charge in [-0.2, -0.15) is 3.96 Å². The molecule has 0 radical (unpaired) electrons. The number of allylic oxidation sites excluding steroid dienone is 2. The summed E-state index contributed by atoms with van der Waals surface area (Å²) in [5, 5.41) is 3.19. The third kappa shape index (κ3) is 2.92. The molecule has 0 unspecified atom stereocenters. The maximum Gasteiger partial charge on any atom is 0.338 e. The van der Waals surface area contributed by atoms with E-state index in [9.17, 15) is 9.59 Å². The zero-order chi connectivity index (χ0) is 17.1. The molecule has 0 bridgehead atoms. The van der Waals surface area contributed by atoms with E-state index >= 15 is 0 Å². The van der Waals surface area contributed by atoms with Crippen LogP contribution < -0.4 is 10.9 Å². The number of amides is 1. The molecule has 2 heterocycles. The predicted octanol–water partition coefficient (Wildman–Crippen LogP) is 2.24. The number of ether oxygens (including phenoxy) is 2. The molecule has 24 heavy (non-hydrogen) atoms. The second kappa shape index (κ2) is 6.88. The number of nitrogens with zero attached hydrogens (tertiary/aromatic N) is 2. The Morgan fingerprint density at radius 2 is 2.25 bits per heavy atom. The van der Waals surface area contributed by atoms with Crippen LogP contribution in [-0.2, 0) is 9.47 Å². The Hall–Kier alpha value is -2.61. The molecule has 0 spiro atoms. The lowest BCUT2D eigenvalue weighted by atomic mass is 10.0. The topological polar surface area (TPSA) is 82.4 Å². The van der Waals surface area contributed by atoms with Crippen molar-refractivity contribution < 1.29 is 14.3 Å².